The number of nitrogens with one attached hydrogen (secondary N) is 1. The van der Waals surface area contributed by atoms with Crippen LogP contribution in [0.5, 0.6) is 5.75 Å². The molecule has 2 heterocycles. The van der Waals surface area contributed by atoms with Crippen molar-refractivity contribution in [2.45, 2.75) is 36.7 Å². The van der Waals surface area contributed by atoms with Crippen molar-refractivity contribution in [1.82, 2.24) is 9.62 Å². The van der Waals surface area contributed by atoms with Gasteiger partial charge in [0.15, 0.2) is 0 Å². The van der Waals surface area contributed by atoms with Gasteiger partial charge in [0.05, 0.1) is 17.0 Å². The van der Waals surface area contributed by atoms with E-state index in [1.807, 2.05) is 24.3 Å². The Balaban J connectivity index is 1.47. The van der Waals surface area contributed by atoms with Gasteiger partial charge in [-0.3, -0.25) is 4.79 Å². The standard InChI is InChI=1S/C21H24N2O4S/c24-21(22-15-17-14-16-8-2-4-10-19(16)27-17)18-9-3-5-11-20(18)28(25,26)23-12-6-1-7-13-23/h2-5,8-11,17H,1,6-7,12-15H2,(H,22,24). The summed E-state index contributed by atoms with van der Waals surface area (Å²) in [6.45, 7) is 1.34. The Kier molecular flexibility index (Phi) is 5.37. The van der Waals surface area contributed by atoms with Gasteiger partial charge in [0.1, 0.15) is 11.9 Å². The Hall–Kier alpha value is -2.38. The molecule has 1 fully saturated rings. The lowest BCUT2D eigenvalue weighted by molar-refractivity contribution is 0.0930. The molecule has 148 valence electrons. The number of ether oxygens (including phenoxy) is 1. The van der Waals surface area contributed by atoms with E-state index in [2.05, 4.69) is 5.32 Å². The van der Waals surface area contributed by atoms with E-state index in [-0.39, 0.29) is 16.6 Å². The Morgan fingerprint density at radius 1 is 1.04 bits per heavy atom. The number of para-hydroxylation sites is 1. The van der Waals surface area contributed by atoms with Crippen LogP contribution in [0, 0.1) is 0 Å². The summed E-state index contributed by atoms with van der Waals surface area (Å²) in [7, 11) is -3.68. The van der Waals surface area contributed by atoms with Crippen LogP contribution >= 0.6 is 0 Å². The van der Waals surface area contributed by atoms with Crippen LogP contribution in [0.1, 0.15) is 35.2 Å². The second-order valence-corrected chi connectivity index (χ2v) is 9.13. The minimum Gasteiger partial charge on any atom is -0.488 e. The van der Waals surface area contributed by atoms with Crippen LogP contribution in [0.3, 0.4) is 0 Å². The number of hydrogen-bond donors (Lipinski definition) is 1. The van der Waals surface area contributed by atoms with E-state index in [0.717, 1.165) is 37.0 Å². The van der Waals surface area contributed by atoms with E-state index >= 15 is 0 Å². The quantitative estimate of drug-likeness (QED) is 0.837. The lowest BCUT2D eigenvalue weighted by atomic mass is 10.1. The van der Waals surface area contributed by atoms with Gasteiger partial charge in [-0.2, -0.15) is 4.31 Å². The zero-order valence-electron chi connectivity index (χ0n) is 15.6. The Labute approximate surface area is 165 Å². The van der Waals surface area contributed by atoms with E-state index in [4.69, 9.17) is 4.74 Å². The SMILES string of the molecule is O=C(NCC1Cc2ccccc2O1)c1ccccc1S(=O)(=O)N1CCCCC1. The fraction of sp³-hybridized carbons (Fsp3) is 0.381. The first-order valence-corrected chi connectivity index (χ1v) is 11.1. The maximum absolute atomic E-state index is 13.0. The average molecular weight is 401 g/mol. The molecule has 4 rings (SSSR count). The summed E-state index contributed by atoms with van der Waals surface area (Å²) in [6.07, 6.45) is 3.33. The van der Waals surface area contributed by atoms with E-state index in [9.17, 15) is 13.2 Å². The van der Waals surface area contributed by atoms with Crippen LogP contribution in [-0.4, -0.2) is 44.4 Å². The van der Waals surface area contributed by atoms with Gasteiger partial charge < -0.3 is 10.1 Å². The maximum Gasteiger partial charge on any atom is 0.252 e. The van der Waals surface area contributed by atoms with Crippen molar-refractivity contribution in [1.29, 1.82) is 0 Å². The number of sulfonamides is 1. The molecule has 2 aromatic rings. The summed E-state index contributed by atoms with van der Waals surface area (Å²) in [6, 6.07) is 14.2. The molecule has 1 N–H and O–H groups in total. The van der Waals surface area contributed by atoms with Crippen molar-refractivity contribution in [3.05, 3.63) is 59.7 Å². The molecule has 2 aliphatic heterocycles. The summed E-state index contributed by atoms with van der Waals surface area (Å²) < 4.78 is 33.4. The first-order valence-electron chi connectivity index (χ1n) is 9.67. The van der Waals surface area contributed by atoms with Gasteiger partial charge in [0.25, 0.3) is 5.91 Å². The van der Waals surface area contributed by atoms with Gasteiger partial charge in [0.2, 0.25) is 10.0 Å². The molecule has 7 heteroatoms. The summed E-state index contributed by atoms with van der Waals surface area (Å²) in [5.74, 6) is 0.450. The van der Waals surface area contributed by atoms with Crippen LogP contribution < -0.4 is 10.1 Å². The van der Waals surface area contributed by atoms with Crippen LogP contribution in [0.4, 0.5) is 0 Å². The number of nitrogens with zero attached hydrogens (tertiary/aromatic N) is 1. The van der Waals surface area contributed by atoms with E-state index < -0.39 is 15.9 Å². The van der Waals surface area contributed by atoms with Crippen molar-refractivity contribution in [3.8, 4) is 5.75 Å². The fourth-order valence-corrected chi connectivity index (χ4v) is 5.50. The third-order valence-corrected chi connectivity index (χ3v) is 7.23. The fourth-order valence-electron chi connectivity index (χ4n) is 3.79. The molecule has 28 heavy (non-hydrogen) atoms. The highest BCUT2D eigenvalue weighted by molar-refractivity contribution is 7.89. The van der Waals surface area contributed by atoms with Gasteiger partial charge >= 0.3 is 0 Å². The molecule has 0 saturated carbocycles. The number of rotatable bonds is 5. The summed E-state index contributed by atoms with van der Waals surface area (Å²) >= 11 is 0. The molecule has 2 aromatic carbocycles. The molecule has 1 atom stereocenters. The predicted octanol–water partition coefficient (Wildman–Crippen LogP) is 2.59. The Bertz CT molecular complexity index is 943. The van der Waals surface area contributed by atoms with Crippen molar-refractivity contribution in [2.24, 2.45) is 0 Å². The molecular weight excluding hydrogens is 376 g/mol. The second-order valence-electron chi connectivity index (χ2n) is 7.22. The molecular formula is C21H24N2O4S. The molecule has 0 bridgehead atoms. The number of hydrogen-bond acceptors (Lipinski definition) is 4. The molecule has 2 aliphatic rings. The molecule has 0 spiro atoms. The Morgan fingerprint density at radius 2 is 1.75 bits per heavy atom. The van der Waals surface area contributed by atoms with Crippen molar-refractivity contribution in [3.63, 3.8) is 0 Å². The maximum atomic E-state index is 13.0. The second kappa shape index (κ2) is 7.93. The number of carbonyl (C=O) groups excluding carboxylic acids is 1. The normalized spacial score (nSPS) is 19.6. The van der Waals surface area contributed by atoms with Crippen LogP contribution in [0.25, 0.3) is 0 Å². The average Bonchev–Trinajstić information content (AvgIpc) is 3.15. The monoisotopic (exact) mass is 400 g/mol. The molecule has 1 saturated heterocycles. The third kappa shape index (κ3) is 3.77. The lowest BCUT2D eigenvalue weighted by Crippen LogP contribution is -2.38. The number of carbonyl (C=O) groups is 1. The van der Waals surface area contributed by atoms with Crippen LogP contribution in [-0.2, 0) is 16.4 Å². The predicted molar refractivity (Wildman–Crippen MR) is 106 cm³/mol. The number of benzene rings is 2. The van der Waals surface area contributed by atoms with Gasteiger partial charge in [-0.05, 0) is 36.6 Å². The molecule has 0 aromatic heterocycles. The number of amides is 1. The molecule has 1 amide bonds. The van der Waals surface area contributed by atoms with Gasteiger partial charge in [0, 0.05) is 19.5 Å². The number of fused-ring (bicyclic) bond motifs is 1. The molecule has 0 radical (unpaired) electrons. The Morgan fingerprint density at radius 3 is 2.54 bits per heavy atom. The minimum absolute atomic E-state index is 0.0741. The lowest BCUT2D eigenvalue weighted by Gasteiger charge is -2.26. The first-order chi connectivity index (χ1) is 13.6. The number of piperidine rings is 1. The topological polar surface area (TPSA) is 75.7 Å². The van der Waals surface area contributed by atoms with Crippen LogP contribution in [0.2, 0.25) is 0 Å². The van der Waals surface area contributed by atoms with Crippen molar-refractivity contribution < 1.29 is 17.9 Å². The first kappa shape index (κ1) is 19.0. The summed E-state index contributed by atoms with van der Waals surface area (Å²) in [5.41, 5.74) is 1.30. The van der Waals surface area contributed by atoms with Gasteiger partial charge in [-0.15, -0.1) is 0 Å². The minimum atomic E-state index is -3.68. The molecule has 0 aliphatic carbocycles. The molecule has 6 nitrogen and oxygen atoms in total. The summed E-state index contributed by atoms with van der Waals surface area (Å²) in [4.78, 5) is 12.8. The van der Waals surface area contributed by atoms with Crippen molar-refractivity contribution in [2.75, 3.05) is 19.6 Å². The highest BCUT2D eigenvalue weighted by atomic mass is 32.2. The van der Waals surface area contributed by atoms with E-state index in [1.54, 1.807) is 18.2 Å². The zero-order chi connectivity index (χ0) is 19.6. The third-order valence-electron chi connectivity index (χ3n) is 5.27. The van der Waals surface area contributed by atoms with E-state index in [1.165, 1.54) is 10.4 Å². The van der Waals surface area contributed by atoms with Gasteiger partial charge in [-0.25, -0.2) is 8.42 Å². The highest BCUT2D eigenvalue weighted by Crippen LogP contribution is 2.28. The zero-order valence-corrected chi connectivity index (χ0v) is 16.5. The highest BCUT2D eigenvalue weighted by Gasteiger charge is 2.30. The molecule has 1 unspecified atom stereocenters. The van der Waals surface area contributed by atoms with Crippen molar-refractivity contribution >= 4 is 15.9 Å². The van der Waals surface area contributed by atoms with Crippen LogP contribution in [0.15, 0.2) is 53.4 Å². The smallest absolute Gasteiger partial charge is 0.252 e. The van der Waals surface area contributed by atoms with Gasteiger partial charge in [-0.1, -0.05) is 36.8 Å². The largest absolute Gasteiger partial charge is 0.488 e. The van der Waals surface area contributed by atoms with E-state index in [0.29, 0.717) is 19.6 Å². The summed E-state index contributed by atoms with van der Waals surface area (Å²) in [5, 5.41) is 2.84.